The van der Waals surface area contributed by atoms with Crippen LogP contribution in [-0.2, 0) is 4.74 Å². The number of rotatable bonds is 7. The van der Waals surface area contributed by atoms with E-state index in [1.807, 2.05) is 22.9 Å². The molecule has 0 saturated carbocycles. The average molecular weight is 413 g/mol. The van der Waals surface area contributed by atoms with Crippen LogP contribution in [0.25, 0.3) is 22.2 Å². The first-order chi connectivity index (χ1) is 14.6. The van der Waals surface area contributed by atoms with Crippen molar-refractivity contribution >= 4 is 10.9 Å². The quantitative estimate of drug-likeness (QED) is 0.564. The summed E-state index contributed by atoms with van der Waals surface area (Å²) in [6.45, 7) is 3.42. The highest BCUT2D eigenvalue weighted by Gasteiger charge is 2.22. The van der Waals surface area contributed by atoms with Crippen LogP contribution in [0.4, 0.5) is 4.39 Å². The van der Waals surface area contributed by atoms with Crippen molar-refractivity contribution in [1.82, 2.24) is 9.78 Å². The maximum atomic E-state index is 14.3. The third-order valence-corrected chi connectivity index (χ3v) is 5.40. The number of hydrogen-bond acceptors (Lipinski definition) is 5. The summed E-state index contributed by atoms with van der Waals surface area (Å²) < 4.78 is 28.0. The monoisotopic (exact) mass is 413 g/mol. The van der Waals surface area contributed by atoms with Crippen LogP contribution < -0.4 is 10.5 Å². The van der Waals surface area contributed by atoms with Crippen LogP contribution in [0, 0.1) is 5.82 Å². The first kappa shape index (κ1) is 20.8. The summed E-state index contributed by atoms with van der Waals surface area (Å²) in [6, 6.07) is 10.4. The van der Waals surface area contributed by atoms with Crippen molar-refractivity contribution in [2.75, 3.05) is 19.8 Å². The number of ether oxygens (including phenoxy) is 2. The zero-order chi connectivity index (χ0) is 21.1. The van der Waals surface area contributed by atoms with Gasteiger partial charge in [-0.1, -0.05) is 0 Å². The molecule has 3 aromatic rings. The number of aliphatic hydroxyl groups is 1. The van der Waals surface area contributed by atoms with E-state index in [-0.39, 0.29) is 6.23 Å². The molecule has 4 rings (SSSR count). The van der Waals surface area contributed by atoms with Gasteiger partial charge >= 0.3 is 0 Å². The lowest BCUT2D eigenvalue weighted by Gasteiger charge is -2.23. The zero-order valence-corrected chi connectivity index (χ0v) is 17.2. The van der Waals surface area contributed by atoms with Gasteiger partial charge in [0, 0.05) is 17.6 Å². The lowest BCUT2D eigenvalue weighted by atomic mass is 10.0. The lowest BCUT2D eigenvalue weighted by molar-refractivity contribution is -0.0365. The van der Waals surface area contributed by atoms with Crippen LogP contribution in [-0.4, -0.2) is 34.6 Å². The number of aliphatic hydroxyl groups excluding tert-OH is 1. The van der Waals surface area contributed by atoms with Gasteiger partial charge in [0.1, 0.15) is 17.3 Å². The molecule has 1 saturated heterocycles. The molecule has 0 amide bonds. The standard InChI is InChI=1S/C23H28FN3O3/c1-15(28)16-11-17(13-18(24)12-16)23-20-14-19(29-10-4-8-25)6-7-21(20)27(26-23)22-5-2-3-9-30-22/h6-7,11-15,22,28H,2-5,8-10,25H2,1H3. The van der Waals surface area contributed by atoms with Gasteiger partial charge in [-0.25, -0.2) is 9.07 Å². The van der Waals surface area contributed by atoms with E-state index in [1.165, 1.54) is 12.1 Å². The van der Waals surface area contributed by atoms with Crippen molar-refractivity contribution in [2.45, 2.75) is 44.9 Å². The highest BCUT2D eigenvalue weighted by atomic mass is 19.1. The number of halogens is 1. The van der Waals surface area contributed by atoms with E-state index in [0.717, 1.165) is 36.6 Å². The predicted molar refractivity (Wildman–Crippen MR) is 114 cm³/mol. The van der Waals surface area contributed by atoms with Gasteiger partial charge in [0.05, 0.1) is 18.2 Å². The van der Waals surface area contributed by atoms with E-state index in [2.05, 4.69) is 0 Å². The molecule has 2 aromatic carbocycles. The molecule has 30 heavy (non-hydrogen) atoms. The van der Waals surface area contributed by atoms with Crippen molar-refractivity contribution in [3.05, 3.63) is 47.8 Å². The van der Waals surface area contributed by atoms with E-state index >= 15 is 0 Å². The van der Waals surface area contributed by atoms with Crippen molar-refractivity contribution in [1.29, 1.82) is 0 Å². The molecule has 160 valence electrons. The maximum Gasteiger partial charge on any atom is 0.150 e. The van der Waals surface area contributed by atoms with Gasteiger partial charge in [-0.2, -0.15) is 5.10 Å². The molecule has 1 aliphatic rings. The van der Waals surface area contributed by atoms with Crippen molar-refractivity contribution in [3.63, 3.8) is 0 Å². The SMILES string of the molecule is CC(O)c1cc(F)cc(-c2nn(C3CCCCO3)c3ccc(OCCCN)cc23)c1. The molecule has 2 atom stereocenters. The smallest absolute Gasteiger partial charge is 0.150 e. The van der Waals surface area contributed by atoms with Gasteiger partial charge < -0.3 is 20.3 Å². The molecule has 7 heteroatoms. The molecule has 2 heterocycles. The number of nitrogens with two attached hydrogens (primary N) is 1. The van der Waals surface area contributed by atoms with E-state index in [9.17, 15) is 9.50 Å². The number of hydrogen-bond donors (Lipinski definition) is 2. The van der Waals surface area contributed by atoms with Gasteiger partial charge in [0.2, 0.25) is 0 Å². The number of benzene rings is 2. The van der Waals surface area contributed by atoms with Gasteiger partial charge in [-0.05, 0) is 81.1 Å². The molecule has 2 unspecified atom stereocenters. The van der Waals surface area contributed by atoms with Crippen LogP contribution in [0.15, 0.2) is 36.4 Å². The Bertz CT molecular complexity index is 1010. The fraction of sp³-hybridized carbons (Fsp3) is 0.435. The Labute approximate surface area is 175 Å². The van der Waals surface area contributed by atoms with Crippen LogP contribution in [0.5, 0.6) is 5.75 Å². The van der Waals surface area contributed by atoms with Crippen LogP contribution in [0.2, 0.25) is 0 Å². The minimum absolute atomic E-state index is 0.149. The van der Waals surface area contributed by atoms with Crippen LogP contribution >= 0.6 is 0 Å². The van der Waals surface area contributed by atoms with Gasteiger partial charge in [0.25, 0.3) is 0 Å². The first-order valence-electron chi connectivity index (χ1n) is 10.5. The second-order valence-electron chi connectivity index (χ2n) is 7.73. The Morgan fingerprint density at radius 2 is 2.17 bits per heavy atom. The molecular formula is C23H28FN3O3. The van der Waals surface area contributed by atoms with Gasteiger partial charge in [-0.3, -0.25) is 0 Å². The van der Waals surface area contributed by atoms with Crippen LogP contribution in [0.3, 0.4) is 0 Å². The lowest BCUT2D eigenvalue weighted by Crippen LogP contribution is -2.19. The van der Waals surface area contributed by atoms with Crippen LogP contribution in [0.1, 0.15) is 50.5 Å². The van der Waals surface area contributed by atoms with Crippen molar-refractivity contribution in [3.8, 4) is 17.0 Å². The number of aromatic nitrogens is 2. The predicted octanol–water partition coefficient (Wildman–Crippen LogP) is 4.32. The highest BCUT2D eigenvalue weighted by molar-refractivity contribution is 5.94. The normalized spacial score (nSPS) is 17.9. The second-order valence-corrected chi connectivity index (χ2v) is 7.73. The Balaban J connectivity index is 1.83. The van der Waals surface area contributed by atoms with Crippen molar-refractivity contribution in [2.24, 2.45) is 5.73 Å². The molecule has 0 spiro atoms. The molecule has 0 radical (unpaired) electrons. The third kappa shape index (κ3) is 4.33. The third-order valence-electron chi connectivity index (χ3n) is 5.40. The summed E-state index contributed by atoms with van der Waals surface area (Å²) in [4.78, 5) is 0. The molecule has 1 aromatic heterocycles. The number of fused-ring (bicyclic) bond motifs is 1. The Morgan fingerprint density at radius 3 is 2.90 bits per heavy atom. The molecule has 3 N–H and O–H groups in total. The van der Waals surface area contributed by atoms with E-state index in [0.29, 0.717) is 42.3 Å². The maximum absolute atomic E-state index is 14.3. The molecule has 1 aliphatic heterocycles. The fourth-order valence-corrected chi connectivity index (χ4v) is 3.82. The summed E-state index contributed by atoms with van der Waals surface area (Å²) in [5.74, 6) is 0.309. The molecule has 1 fully saturated rings. The number of nitrogens with zero attached hydrogens (tertiary/aromatic N) is 2. The highest BCUT2D eigenvalue weighted by Crippen LogP contribution is 2.36. The van der Waals surface area contributed by atoms with Crippen molar-refractivity contribution < 1.29 is 19.0 Å². The molecular weight excluding hydrogens is 385 g/mol. The molecule has 6 nitrogen and oxygen atoms in total. The first-order valence-corrected chi connectivity index (χ1v) is 10.5. The summed E-state index contributed by atoms with van der Waals surface area (Å²) in [5, 5.41) is 15.7. The van der Waals surface area contributed by atoms with E-state index in [4.69, 9.17) is 20.3 Å². The fourth-order valence-electron chi connectivity index (χ4n) is 3.82. The van der Waals surface area contributed by atoms with Gasteiger partial charge in [-0.15, -0.1) is 0 Å². The summed E-state index contributed by atoms with van der Waals surface area (Å²) >= 11 is 0. The minimum atomic E-state index is -0.773. The average Bonchev–Trinajstić information content (AvgIpc) is 3.13. The minimum Gasteiger partial charge on any atom is -0.494 e. The largest absolute Gasteiger partial charge is 0.494 e. The summed E-state index contributed by atoms with van der Waals surface area (Å²) in [7, 11) is 0. The molecule has 0 bridgehead atoms. The summed E-state index contributed by atoms with van der Waals surface area (Å²) in [6.07, 6.45) is 2.85. The summed E-state index contributed by atoms with van der Waals surface area (Å²) in [5.41, 5.74) is 8.24. The van der Waals surface area contributed by atoms with E-state index in [1.54, 1.807) is 13.0 Å². The Hall–Kier alpha value is -2.48. The van der Waals surface area contributed by atoms with E-state index < -0.39 is 11.9 Å². The second kappa shape index (κ2) is 9.12. The van der Waals surface area contributed by atoms with Gasteiger partial charge in [0.15, 0.2) is 6.23 Å². The Morgan fingerprint density at radius 1 is 1.30 bits per heavy atom. The molecule has 0 aliphatic carbocycles. The zero-order valence-electron chi connectivity index (χ0n) is 17.2. The topological polar surface area (TPSA) is 82.5 Å². The Kier molecular flexibility index (Phi) is 6.32.